The van der Waals surface area contributed by atoms with Crippen molar-refractivity contribution in [3.63, 3.8) is 0 Å². The maximum absolute atomic E-state index is 12.2. The molecule has 0 unspecified atom stereocenters. The highest BCUT2D eigenvalue weighted by Gasteiger charge is 2.13. The number of anilines is 1. The van der Waals surface area contributed by atoms with Gasteiger partial charge in [-0.3, -0.25) is 4.79 Å². The van der Waals surface area contributed by atoms with Crippen molar-refractivity contribution in [2.75, 3.05) is 5.32 Å². The van der Waals surface area contributed by atoms with E-state index in [0.717, 1.165) is 27.9 Å². The van der Waals surface area contributed by atoms with Crippen LogP contribution in [0.1, 0.15) is 23.2 Å². The van der Waals surface area contributed by atoms with E-state index < -0.39 is 0 Å². The Morgan fingerprint density at radius 1 is 1.18 bits per heavy atom. The Morgan fingerprint density at radius 3 is 2.73 bits per heavy atom. The molecule has 3 aromatic rings. The molecule has 0 aliphatic rings. The molecule has 0 fully saturated rings. The molecule has 1 aromatic carbocycles. The quantitative estimate of drug-likeness (QED) is 0.776. The van der Waals surface area contributed by atoms with Crippen LogP contribution >= 0.6 is 0 Å². The van der Waals surface area contributed by atoms with E-state index in [0.29, 0.717) is 18.7 Å². The first-order valence-electron chi connectivity index (χ1n) is 7.29. The molecule has 0 saturated carbocycles. The van der Waals surface area contributed by atoms with Gasteiger partial charge in [-0.2, -0.15) is 0 Å². The van der Waals surface area contributed by atoms with Crippen molar-refractivity contribution in [1.82, 2.24) is 15.0 Å². The van der Waals surface area contributed by atoms with Crippen LogP contribution in [-0.2, 0) is 11.2 Å². The number of nitrogens with zero attached hydrogens (tertiary/aromatic N) is 2. The lowest BCUT2D eigenvalue weighted by atomic mass is 10.1. The predicted octanol–water partition coefficient (Wildman–Crippen LogP) is 3.15. The molecule has 0 bridgehead atoms. The van der Waals surface area contributed by atoms with Gasteiger partial charge in [0.1, 0.15) is 17.8 Å². The molecule has 0 atom stereocenters. The Labute approximate surface area is 128 Å². The number of aromatic amines is 1. The highest BCUT2D eigenvalue weighted by Crippen LogP contribution is 2.25. The number of H-pyrrole nitrogens is 1. The summed E-state index contributed by atoms with van der Waals surface area (Å²) < 4.78 is 0. The zero-order valence-corrected chi connectivity index (χ0v) is 12.7. The van der Waals surface area contributed by atoms with Gasteiger partial charge >= 0.3 is 0 Å². The van der Waals surface area contributed by atoms with Crippen LogP contribution in [0, 0.1) is 13.8 Å². The Kier molecular flexibility index (Phi) is 3.87. The van der Waals surface area contributed by atoms with Gasteiger partial charge in [-0.1, -0.05) is 30.3 Å². The van der Waals surface area contributed by atoms with Gasteiger partial charge in [-0.05, 0) is 31.4 Å². The van der Waals surface area contributed by atoms with Crippen molar-refractivity contribution >= 4 is 22.8 Å². The van der Waals surface area contributed by atoms with E-state index in [1.54, 1.807) is 0 Å². The van der Waals surface area contributed by atoms with Gasteiger partial charge in [-0.15, -0.1) is 0 Å². The molecule has 0 aliphatic heterocycles. The van der Waals surface area contributed by atoms with Crippen molar-refractivity contribution in [3.05, 3.63) is 53.5 Å². The van der Waals surface area contributed by atoms with E-state index >= 15 is 0 Å². The van der Waals surface area contributed by atoms with Crippen LogP contribution in [-0.4, -0.2) is 20.9 Å². The fraction of sp³-hybridized carbons (Fsp3) is 0.235. The maximum atomic E-state index is 12.2. The zero-order valence-electron chi connectivity index (χ0n) is 12.7. The number of carbonyl (C=O) groups is 1. The summed E-state index contributed by atoms with van der Waals surface area (Å²) >= 11 is 0. The summed E-state index contributed by atoms with van der Waals surface area (Å²) in [6.07, 6.45) is 2.61. The number of amides is 1. The molecule has 22 heavy (non-hydrogen) atoms. The summed E-state index contributed by atoms with van der Waals surface area (Å²) in [7, 11) is 0. The van der Waals surface area contributed by atoms with Crippen LogP contribution in [0.5, 0.6) is 0 Å². The molecular weight excluding hydrogens is 276 g/mol. The first-order chi connectivity index (χ1) is 10.6. The molecule has 2 heterocycles. The minimum absolute atomic E-state index is 0.0397. The molecule has 2 N–H and O–H groups in total. The third kappa shape index (κ3) is 2.83. The molecule has 0 radical (unpaired) electrons. The van der Waals surface area contributed by atoms with Gasteiger partial charge in [0.15, 0.2) is 0 Å². The van der Waals surface area contributed by atoms with Crippen LogP contribution in [0.25, 0.3) is 11.0 Å². The van der Waals surface area contributed by atoms with E-state index in [9.17, 15) is 4.79 Å². The van der Waals surface area contributed by atoms with Crippen LogP contribution in [0.15, 0.2) is 36.7 Å². The molecule has 5 heteroatoms. The molecule has 2 aromatic heterocycles. The molecule has 1 amide bonds. The number of aromatic nitrogens is 3. The Balaban J connectivity index is 1.74. The average molecular weight is 294 g/mol. The second kappa shape index (κ2) is 5.97. The van der Waals surface area contributed by atoms with Crippen molar-refractivity contribution in [3.8, 4) is 0 Å². The summed E-state index contributed by atoms with van der Waals surface area (Å²) in [6, 6.07) is 9.98. The number of carbonyl (C=O) groups excluding carboxylic acids is 1. The second-order valence-electron chi connectivity index (χ2n) is 5.35. The topological polar surface area (TPSA) is 70.7 Å². The number of hydrogen-bond acceptors (Lipinski definition) is 3. The number of nitrogens with one attached hydrogen (secondary N) is 2. The number of benzene rings is 1. The zero-order chi connectivity index (χ0) is 15.5. The standard InChI is InChI=1S/C17H18N4O/c1-11-12(2)20-16-15(11)17(19-10-18-16)21-14(22)9-8-13-6-4-3-5-7-13/h3-7,10H,8-9H2,1-2H3,(H2,18,19,20,21,22). The molecule has 5 nitrogen and oxygen atoms in total. The SMILES string of the molecule is Cc1[nH]c2ncnc(NC(=O)CCc3ccccc3)c2c1C. The lowest BCUT2D eigenvalue weighted by molar-refractivity contribution is -0.116. The summed E-state index contributed by atoms with van der Waals surface area (Å²) in [5.74, 6) is 0.534. The minimum Gasteiger partial charge on any atom is -0.343 e. The molecule has 3 rings (SSSR count). The van der Waals surface area contributed by atoms with E-state index in [1.165, 1.54) is 6.33 Å². The van der Waals surface area contributed by atoms with Gasteiger partial charge in [0, 0.05) is 12.1 Å². The normalized spacial score (nSPS) is 10.8. The number of fused-ring (bicyclic) bond motifs is 1. The van der Waals surface area contributed by atoms with Gasteiger partial charge in [0.25, 0.3) is 0 Å². The highest BCUT2D eigenvalue weighted by molar-refractivity contribution is 6.00. The van der Waals surface area contributed by atoms with Crippen molar-refractivity contribution in [2.45, 2.75) is 26.7 Å². The number of rotatable bonds is 4. The van der Waals surface area contributed by atoms with E-state index in [-0.39, 0.29) is 5.91 Å². The number of aryl methyl sites for hydroxylation is 3. The smallest absolute Gasteiger partial charge is 0.225 e. The fourth-order valence-corrected chi connectivity index (χ4v) is 2.49. The minimum atomic E-state index is -0.0397. The van der Waals surface area contributed by atoms with Gasteiger partial charge in [-0.25, -0.2) is 9.97 Å². The summed E-state index contributed by atoms with van der Waals surface area (Å²) in [6.45, 7) is 3.98. The molecule has 112 valence electrons. The van der Waals surface area contributed by atoms with Crippen LogP contribution in [0.4, 0.5) is 5.82 Å². The third-order valence-corrected chi connectivity index (χ3v) is 3.83. The summed E-state index contributed by atoms with van der Waals surface area (Å²) in [4.78, 5) is 23.8. The largest absolute Gasteiger partial charge is 0.343 e. The summed E-state index contributed by atoms with van der Waals surface area (Å²) in [5, 5.41) is 3.78. The first kappa shape index (κ1) is 14.3. The van der Waals surface area contributed by atoms with Crippen LogP contribution in [0.3, 0.4) is 0 Å². The van der Waals surface area contributed by atoms with E-state index in [4.69, 9.17) is 0 Å². The van der Waals surface area contributed by atoms with Crippen molar-refractivity contribution in [1.29, 1.82) is 0 Å². The molecule has 0 saturated heterocycles. The Hall–Kier alpha value is -2.69. The van der Waals surface area contributed by atoms with Crippen LogP contribution < -0.4 is 5.32 Å². The summed E-state index contributed by atoms with van der Waals surface area (Å²) in [5.41, 5.74) is 4.01. The molecule has 0 aliphatic carbocycles. The molecular formula is C17H18N4O. The van der Waals surface area contributed by atoms with Gasteiger partial charge in [0.05, 0.1) is 5.39 Å². The van der Waals surface area contributed by atoms with E-state index in [2.05, 4.69) is 20.3 Å². The third-order valence-electron chi connectivity index (χ3n) is 3.83. The fourth-order valence-electron chi connectivity index (χ4n) is 2.49. The lowest BCUT2D eigenvalue weighted by Crippen LogP contribution is -2.13. The average Bonchev–Trinajstić information content (AvgIpc) is 2.82. The van der Waals surface area contributed by atoms with Gasteiger partial charge < -0.3 is 10.3 Å². The lowest BCUT2D eigenvalue weighted by Gasteiger charge is -2.06. The second-order valence-corrected chi connectivity index (χ2v) is 5.35. The predicted molar refractivity (Wildman–Crippen MR) is 86.8 cm³/mol. The maximum Gasteiger partial charge on any atom is 0.225 e. The molecule has 0 spiro atoms. The van der Waals surface area contributed by atoms with Crippen LogP contribution in [0.2, 0.25) is 0 Å². The highest BCUT2D eigenvalue weighted by atomic mass is 16.1. The Bertz CT molecular complexity index is 808. The monoisotopic (exact) mass is 294 g/mol. The van der Waals surface area contributed by atoms with Crippen molar-refractivity contribution in [2.24, 2.45) is 0 Å². The first-order valence-corrected chi connectivity index (χ1v) is 7.29. The van der Waals surface area contributed by atoms with Gasteiger partial charge in [0.2, 0.25) is 5.91 Å². The Morgan fingerprint density at radius 2 is 1.95 bits per heavy atom. The van der Waals surface area contributed by atoms with E-state index in [1.807, 2.05) is 44.2 Å². The van der Waals surface area contributed by atoms with Crippen molar-refractivity contribution < 1.29 is 4.79 Å². The number of hydrogen-bond donors (Lipinski definition) is 2.